The third-order valence-corrected chi connectivity index (χ3v) is 5.44. The van der Waals surface area contributed by atoms with Crippen LogP contribution >= 0.6 is 11.8 Å². The minimum absolute atomic E-state index is 0.163. The lowest BCUT2D eigenvalue weighted by molar-refractivity contribution is -0.387. The highest BCUT2D eigenvalue weighted by Gasteiger charge is 2.21. The van der Waals surface area contributed by atoms with Crippen LogP contribution in [-0.2, 0) is 7.05 Å². The number of ether oxygens (including phenoxy) is 1. The first-order valence-electron chi connectivity index (χ1n) is 9.23. The van der Waals surface area contributed by atoms with E-state index in [-0.39, 0.29) is 17.3 Å². The number of carbonyl (C=O) groups is 1. The smallest absolute Gasteiger partial charge is 0.284 e. The number of nitrogens with one attached hydrogen (secondary N) is 1. The Bertz CT molecular complexity index is 1050. The van der Waals surface area contributed by atoms with Gasteiger partial charge in [0.25, 0.3) is 11.6 Å². The van der Waals surface area contributed by atoms with Gasteiger partial charge in [-0.1, -0.05) is 12.1 Å². The molecule has 3 aromatic rings. The molecule has 0 saturated carbocycles. The van der Waals surface area contributed by atoms with Crippen LogP contribution in [0.1, 0.15) is 35.8 Å². The van der Waals surface area contributed by atoms with Crippen LogP contribution < -0.4 is 10.1 Å². The molecule has 30 heavy (non-hydrogen) atoms. The summed E-state index contributed by atoms with van der Waals surface area (Å²) in [6.07, 6.45) is 1.51. The summed E-state index contributed by atoms with van der Waals surface area (Å²) in [6.45, 7) is 4.34. The molecule has 10 heteroatoms. The van der Waals surface area contributed by atoms with Crippen molar-refractivity contribution in [3.63, 3.8) is 0 Å². The van der Waals surface area contributed by atoms with Crippen molar-refractivity contribution in [3.05, 3.63) is 70.0 Å². The summed E-state index contributed by atoms with van der Waals surface area (Å²) in [4.78, 5) is 24.1. The van der Waals surface area contributed by atoms with Crippen molar-refractivity contribution >= 4 is 23.4 Å². The number of hydrogen-bond donors (Lipinski definition) is 1. The van der Waals surface area contributed by atoms with Gasteiger partial charge in [0.2, 0.25) is 0 Å². The van der Waals surface area contributed by atoms with Gasteiger partial charge in [-0.3, -0.25) is 14.9 Å². The highest BCUT2D eigenvalue weighted by molar-refractivity contribution is 7.99. The lowest BCUT2D eigenvalue weighted by atomic mass is 10.1. The minimum Gasteiger partial charge on any atom is -0.494 e. The van der Waals surface area contributed by atoms with E-state index in [1.165, 1.54) is 12.4 Å². The van der Waals surface area contributed by atoms with E-state index in [4.69, 9.17) is 4.74 Å². The van der Waals surface area contributed by atoms with Gasteiger partial charge in [-0.15, -0.1) is 10.2 Å². The van der Waals surface area contributed by atoms with Crippen LogP contribution in [0.4, 0.5) is 5.69 Å². The summed E-state index contributed by atoms with van der Waals surface area (Å²) in [7, 11) is 1.75. The molecule has 0 aliphatic carbocycles. The van der Waals surface area contributed by atoms with E-state index in [0.29, 0.717) is 16.7 Å². The summed E-state index contributed by atoms with van der Waals surface area (Å²) in [5, 5.41) is 22.6. The molecule has 0 bridgehead atoms. The third kappa shape index (κ3) is 4.95. The van der Waals surface area contributed by atoms with Gasteiger partial charge in [-0.05, 0) is 55.4 Å². The van der Waals surface area contributed by atoms with E-state index in [9.17, 15) is 14.9 Å². The number of amides is 1. The number of aromatic nitrogens is 3. The number of carbonyl (C=O) groups excluding carboxylic acids is 1. The Morgan fingerprint density at radius 2 is 2.03 bits per heavy atom. The number of aryl methyl sites for hydroxylation is 1. The zero-order valence-electron chi connectivity index (χ0n) is 16.7. The standard InChI is InChI=1S/C20H21N5O4S/c1-4-29-16-8-5-14(6-9-16)13(2)22-19(26)15-7-10-18(17(11-15)25(27)28)30-20-23-21-12-24(20)3/h5-13H,4H2,1-3H3,(H,22,26). The zero-order valence-corrected chi connectivity index (χ0v) is 17.5. The first kappa shape index (κ1) is 21.3. The molecule has 0 aliphatic rings. The van der Waals surface area contributed by atoms with Crippen molar-refractivity contribution in [1.82, 2.24) is 20.1 Å². The molecular formula is C20H21N5O4S. The summed E-state index contributed by atoms with van der Waals surface area (Å²) < 4.78 is 7.08. The SMILES string of the molecule is CCOc1ccc(C(C)NC(=O)c2ccc(Sc3nncn3C)c([N+](=O)[O-])c2)cc1. The molecule has 1 aromatic heterocycles. The molecule has 2 aromatic carbocycles. The fourth-order valence-electron chi connectivity index (χ4n) is 2.73. The Balaban J connectivity index is 1.76. The third-order valence-electron chi connectivity index (χ3n) is 4.33. The molecule has 1 amide bonds. The molecule has 0 fully saturated rings. The molecule has 1 heterocycles. The van der Waals surface area contributed by atoms with E-state index < -0.39 is 10.8 Å². The second-order valence-electron chi connectivity index (χ2n) is 6.46. The second-order valence-corrected chi connectivity index (χ2v) is 7.47. The predicted octanol–water partition coefficient (Wildman–Crippen LogP) is 3.76. The molecule has 0 spiro atoms. The molecule has 0 aliphatic heterocycles. The molecule has 3 rings (SSSR count). The summed E-state index contributed by atoms with van der Waals surface area (Å²) in [5.74, 6) is 0.362. The van der Waals surface area contributed by atoms with Gasteiger partial charge in [-0.25, -0.2) is 0 Å². The van der Waals surface area contributed by atoms with Gasteiger partial charge in [-0.2, -0.15) is 0 Å². The average molecular weight is 427 g/mol. The maximum atomic E-state index is 12.7. The van der Waals surface area contributed by atoms with Crippen LogP contribution in [0.25, 0.3) is 0 Å². The fraction of sp³-hybridized carbons (Fsp3) is 0.250. The molecule has 9 nitrogen and oxygen atoms in total. The summed E-state index contributed by atoms with van der Waals surface area (Å²) in [5.41, 5.74) is 0.946. The Morgan fingerprint density at radius 1 is 1.30 bits per heavy atom. The van der Waals surface area contributed by atoms with Crippen LogP contribution in [0.3, 0.4) is 0 Å². The number of nitrogens with zero attached hydrogens (tertiary/aromatic N) is 4. The van der Waals surface area contributed by atoms with Crippen molar-refractivity contribution in [2.75, 3.05) is 6.61 Å². The van der Waals surface area contributed by atoms with E-state index in [0.717, 1.165) is 23.1 Å². The first-order valence-corrected chi connectivity index (χ1v) is 10.0. The number of nitro groups is 1. The lowest BCUT2D eigenvalue weighted by Crippen LogP contribution is -2.26. The molecule has 156 valence electrons. The summed E-state index contributed by atoms with van der Waals surface area (Å²) >= 11 is 1.12. The Kier molecular flexibility index (Phi) is 6.68. The Labute approximate surface area is 177 Å². The molecule has 1 N–H and O–H groups in total. The molecule has 1 atom stereocenters. The quantitative estimate of drug-likeness (QED) is 0.430. The lowest BCUT2D eigenvalue weighted by Gasteiger charge is -2.15. The van der Waals surface area contributed by atoms with Crippen LogP contribution in [0.15, 0.2) is 58.8 Å². The van der Waals surface area contributed by atoms with Crippen molar-refractivity contribution in [3.8, 4) is 5.75 Å². The van der Waals surface area contributed by atoms with Gasteiger partial charge in [0, 0.05) is 18.7 Å². The van der Waals surface area contributed by atoms with Gasteiger partial charge in [0.15, 0.2) is 5.16 Å². The van der Waals surface area contributed by atoms with E-state index in [1.54, 1.807) is 23.7 Å². The van der Waals surface area contributed by atoms with E-state index in [2.05, 4.69) is 15.5 Å². The topological polar surface area (TPSA) is 112 Å². The fourth-order valence-corrected chi connectivity index (χ4v) is 3.58. The van der Waals surface area contributed by atoms with Crippen molar-refractivity contribution < 1.29 is 14.5 Å². The number of hydrogen-bond acceptors (Lipinski definition) is 7. The highest BCUT2D eigenvalue weighted by atomic mass is 32.2. The molecule has 0 saturated heterocycles. The number of nitro benzene ring substituents is 1. The van der Waals surface area contributed by atoms with Crippen molar-refractivity contribution in [1.29, 1.82) is 0 Å². The van der Waals surface area contributed by atoms with Gasteiger partial charge < -0.3 is 14.6 Å². The first-order chi connectivity index (χ1) is 14.4. The van der Waals surface area contributed by atoms with Crippen molar-refractivity contribution in [2.45, 2.75) is 29.9 Å². The maximum Gasteiger partial charge on any atom is 0.284 e. The van der Waals surface area contributed by atoms with Gasteiger partial charge in [0.05, 0.1) is 22.5 Å². The number of rotatable bonds is 8. The van der Waals surface area contributed by atoms with Crippen LogP contribution in [0, 0.1) is 10.1 Å². The molecule has 0 radical (unpaired) electrons. The predicted molar refractivity (Wildman–Crippen MR) is 112 cm³/mol. The number of benzene rings is 2. The summed E-state index contributed by atoms with van der Waals surface area (Å²) in [6, 6.07) is 11.5. The molecule has 1 unspecified atom stereocenters. The monoisotopic (exact) mass is 427 g/mol. The van der Waals surface area contributed by atoms with Crippen LogP contribution in [-0.4, -0.2) is 32.2 Å². The van der Waals surface area contributed by atoms with Gasteiger partial charge >= 0.3 is 0 Å². The Morgan fingerprint density at radius 3 is 2.63 bits per heavy atom. The van der Waals surface area contributed by atoms with E-state index >= 15 is 0 Å². The van der Waals surface area contributed by atoms with Gasteiger partial charge in [0.1, 0.15) is 12.1 Å². The molecular weight excluding hydrogens is 406 g/mol. The normalized spacial score (nSPS) is 11.7. The largest absolute Gasteiger partial charge is 0.494 e. The maximum absolute atomic E-state index is 12.7. The van der Waals surface area contributed by atoms with Crippen molar-refractivity contribution in [2.24, 2.45) is 7.05 Å². The minimum atomic E-state index is -0.509. The highest BCUT2D eigenvalue weighted by Crippen LogP contribution is 2.34. The average Bonchev–Trinajstić information content (AvgIpc) is 3.13. The second kappa shape index (κ2) is 9.40. The Hall–Kier alpha value is -3.40. The van der Waals surface area contributed by atoms with Crippen LogP contribution in [0.5, 0.6) is 5.75 Å². The van der Waals surface area contributed by atoms with E-state index in [1.807, 2.05) is 38.1 Å². The zero-order chi connectivity index (χ0) is 21.7. The van der Waals surface area contributed by atoms with Crippen LogP contribution in [0.2, 0.25) is 0 Å².